The van der Waals surface area contributed by atoms with Crippen LogP contribution in [0.2, 0.25) is 0 Å². The predicted octanol–water partition coefficient (Wildman–Crippen LogP) is 1.96. The second-order valence-corrected chi connectivity index (χ2v) is 7.95. The van der Waals surface area contributed by atoms with Crippen LogP contribution in [-0.4, -0.2) is 58.9 Å². The number of hydrogen-bond donors (Lipinski definition) is 2. The monoisotopic (exact) mass is 467 g/mol. The average Bonchev–Trinajstić information content (AvgIpc) is 3.29. The number of methoxy groups -OCH3 is 1. The van der Waals surface area contributed by atoms with Gasteiger partial charge in [0.1, 0.15) is 24.2 Å². The fraction of sp³-hybridized carbons (Fsp3) is 0.292. The highest BCUT2D eigenvalue weighted by Crippen LogP contribution is 2.27. The van der Waals surface area contributed by atoms with Gasteiger partial charge in [-0.25, -0.2) is 14.6 Å². The molecule has 0 spiro atoms. The van der Waals surface area contributed by atoms with Crippen molar-refractivity contribution >= 4 is 17.8 Å². The zero-order valence-electron chi connectivity index (χ0n) is 19.0. The number of imide groups is 1. The number of hydrogen-bond acceptors (Lipinski definition) is 6. The van der Waals surface area contributed by atoms with Crippen LogP contribution in [0.4, 0.5) is 9.18 Å². The fourth-order valence-corrected chi connectivity index (χ4v) is 3.86. The molecular formula is C24H26FN5O4. The normalized spacial score (nSPS) is 17.6. The summed E-state index contributed by atoms with van der Waals surface area (Å²) < 4.78 is 18.5. The molecule has 2 aliphatic heterocycles. The van der Waals surface area contributed by atoms with Crippen molar-refractivity contribution in [3.05, 3.63) is 77.4 Å². The fourth-order valence-electron chi connectivity index (χ4n) is 3.86. The van der Waals surface area contributed by atoms with E-state index in [1.165, 1.54) is 29.2 Å². The smallest absolute Gasteiger partial charge is 0.331 e. The zero-order valence-corrected chi connectivity index (χ0v) is 19.0. The Bertz CT molecular complexity index is 1120. The molecule has 0 aromatic heterocycles. The number of carbonyl (C=O) groups excluding carboxylic acids is 3. The Balaban J connectivity index is 1.50. The lowest BCUT2D eigenvalue weighted by molar-refractivity contribution is -0.134. The van der Waals surface area contributed by atoms with Crippen molar-refractivity contribution in [2.24, 2.45) is 0 Å². The lowest BCUT2D eigenvalue weighted by Crippen LogP contribution is -2.61. The van der Waals surface area contributed by atoms with Gasteiger partial charge in [-0.2, -0.15) is 0 Å². The molecule has 1 unspecified atom stereocenters. The molecule has 2 aromatic rings. The van der Waals surface area contributed by atoms with E-state index in [2.05, 4.69) is 10.7 Å². The highest BCUT2D eigenvalue weighted by molar-refractivity contribution is 6.04. The SMILES string of the molecule is CCN1C=C2C(N1)C(=O)N(Cc1ccc(F)cc1)C(=O)N2CC(=O)NCc1cccc(OC)c1. The molecule has 2 aromatic carbocycles. The molecule has 34 heavy (non-hydrogen) atoms. The Hall–Kier alpha value is -3.92. The van der Waals surface area contributed by atoms with Gasteiger partial charge in [0.25, 0.3) is 5.91 Å². The number of rotatable bonds is 8. The van der Waals surface area contributed by atoms with E-state index in [0.29, 0.717) is 23.6 Å². The predicted molar refractivity (Wildman–Crippen MR) is 121 cm³/mol. The van der Waals surface area contributed by atoms with Gasteiger partial charge < -0.3 is 15.1 Å². The lowest BCUT2D eigenvalue weighted by Gasteiger charge is -2.37. The van der Waals surface area contributed by atoms with Crippen LogP contribution in [0, 0.1) is 5.82 Å². The molecule has 2 N–H and O–H groups in total. The highest BCUT2D eigenvalue weighted by atomic mass is 19.1. The second-order valence-electron chi connectivity index (χ2n) is 7.95. The van der Waals surface area contributed by atoms with Crippen LogP contribution in [0.25, 0.3) is 0 Å². The third-order valence-electron chi connectivity index (χ3n) is 5.69. The van der Waals surface area contributed by atoms with E-state index in [1.807, 2.05) is 31.2 Å². The summed E-state index contributed by atoms with van der Waals surface area (Å²) >= 11 is 0. The van der Waals surface area contributed by atoms with Crippen molar-refractivity contribution in [3.63, 3.8) is 0 Å². The van der Waals surface area contributed by atoms with Gasteiger partial charge in [0.15, 0.2) is 0 Å². The summed E-state index contributed by atoms with van der Waals surface area (Å²) in [4.78, 5) is 41.6. The van der Waals surface area contributed by atoms with Gasteiger partial charge in [-0.15, -0.1) is 0 Å². The number of fused-ring (bicyclic) bond motifs is 1. The summed E-state index contributed by atoms with van der Waals surface area (Å²) in [5.74, 6) is -0.528. The molecule has 1 atom stereocenters. The molecule has 1 fully saturated rings. The summed E-state index contributed by atoms with van der Waals surface area (Å²) in [5.41, 5.74) is 4.93. The number of ether oxygens (including phenoxy) is 1. The van der Waals surface area contributed by atoms with E-state index in [-0.39, 0.29) is 25.5 Å². The quantitative estimate of drug-likeness (QED) is 0.617. The van der Waals surface area contributed by atoms with E-state index in [9.17, 15) is 18.8 Å². The Kier molecular flexibility index (Phi) is 6.78. The van der Waals surface area contributed by atoms with Crippen molar-refractivity contribution in [3.8, 4) is 5.75 Å². The summed E-state index contributed by atoms with van der Waals surface area (Å²) in [7, 11) is 1.57. The number of nitrogens with one attached hydrogen (secondary N) is 2. The Labute approximate surface area is 196 Å². The number of benzene rings is 2. The van der Waals surface area contributed by atoms with E-state index in [1.54, 1.807) is 18.3 Å². The Morgan fingerprint density at radius 2 is 1.88 bits per heavy atom. The molecule has 0 saturated carbocycles. The molecule has 10 heteroatoms. The van der Waals surface area contributed by atoms with Gasteiger partial charge in [0.2, 0.25) is 5.91 Å². The summed E-state index contributed by atoms with van der Waals surface area (Å²) in [5, 5.41) is 4.51. The molecule has 2 heterocycles. The summed E-state index contributed by atoms with van der Waals surface area (Å²) in [6.07, 6.45) is 1.67. The van der Waals surface area contributed by atoms with Crippen LogP contribution in [-0.2, 0) is 22.7 Å². The van der Waals surface area contributed by atoms with Crippen LogP contribution in [0.5, 0.6) is 5.75 Å². The molecule has 1 saturated heterocycles. The summed E-state index contributed by atoms with van der Waals surface area (Å²) in [6.45, 7) is 2.44. The molecule has 4 rings (SSSR count). The minimum absolute atomic E-state index is 0.0303. The van der Waals surface area contributed by atoms with Crippen molar-refractivity contribution in [1.29, 1.82) is 0 Å². The molecule has 178 valence electrons. The number of nitrogens with zero attached hydrogens (tertiary/aromatic N) is 3. The first-order valence-electron chi connectivity index (χ1n) is 10.9. The average molecular weight is 468 g/mol. The Morgan fingerprint density at radius 1 is 1.12 bits per heavy atom. The van der Waals surface area contributed by atoms with Crippen LogP contribution in [0.1, 0.15) is 18.1 Å². The van der Waals surface area contributed by atoms with Crippen molar-refractivity contribution in [1.82, 2.24) is 25.6 Å². The first-order valence-corrected chi connectivity index (χ1v) is 10.9. The largest absolute Gasteiger partial charge is 0.497 e. The second kappa shape index (κ2) is 9.92. The minimum atomic E-state index is -0.788. The maximum atomic E-state index is 13.3. The minimum Gasteiger partial charge on any atom is -0.497 e. The summed E-state index contributed by atoms with van der Waals surface area (Å²) in [6, 6.07) is 11.5. The van der Waals surface area contributed by atoms with Crippen molar-refractivity contribution < 1.29 is 23.5 Å². The molecule has 2 aliphatic rings. The maximum Gasteiger partial charge on any atom is 0.331 e. The number of carbonyl (C=O) groups is 3. The van der Waals surface area contributed by atoms with Gasteiger partial charge in [-0.3, -0.25) is 19.4 Å². The number of hydrazine groups is 1. The highest BCUT2D eigenvalue weighted by Gasteiger charge is 2.46. The first kappa shape index (κ1) is 23.2. The van der Waals surface area contributed by atoms with Gasteiger partial charge in [-0.1, -0.05) is 24.3 Å². The third kappa shape index (κ3) is 4.86. The molecule has 4 amide bonds. The van der Waals surface area contributed by atoms with Crippen LogP contribution >= 0.6 is 0 Å². The van der Waals surface area contributed by atoms with E-state index < -0.39 is 23.8 Å². The number of amides is 4. The number of urea groups is 1. The lowest BCUT2D eigenvalue weighted by atomic mass is 10.1. The van der Waals surface area contributed by atoms with Gasteiger partial charge in [-0.05, 0) is 42.3 Å². The molecule has 0 radical (unpaired) electrons. The zero-order chi connectivity index (χ0) is 24.2. The maximum absolute atomic E-state index is 13.3. The van der Waals surface area contributed by atoms with Crippen molar-refractivity contribution in [2.45, 2.75) is 26.1 Å². The van der Waals surface area contributed by atoms with Crippen molar-refractivity contribution in [2.75, 3.05) is 20.2 Å². The molecule has 0 aliphatic carbocycles. The topological polar surface area (TPSA) is 94.2 Å². The first-order chi connectivity index (χ1) is 16.4. The molecular weight excluding hydrogens is 441 g/mol. The van der Waals surface area contributed by atoms with E-state index in [0.717, 1.165) is 10.5 Å². The van der Waals surface area contributed by atoms with Gasteiger partial charge >= 0.3 is 6.03 Å². The third-order valence-corrected chi connectivity index (χ3v) is 5.69. The Morgan fingerprint density at radius 3 is 2.59 bits per heavy atom. The van der Waals surface area contributed by atoms with Crippen LogP contribution < -0.4 is 15.5 Å². The van der Waals surface area contributed by atoms with Crippen LogP contribution in [0.15, 0.2) is 60.4 Å². The van der Waals surface area contributed by atoms with Gasteiger partial charge in [0, 0.05) is 19.3 Å². The van der Waals surface area contributed by atoms with E-state index >= 15 is 0 Å². The molecule has 0 bridgehead atoms. The van der Waals surface area contributed by atoms with Crippen LogP contribution in [0.3, 0.4) is 0 Å². The van der Waals surface area contributed by atoms with Gasteiger partial charge in [0.05, 0.1) is 19.4 Å². The molecule has 9 nitrogen and oxygen atoms in total. The van der Waals surface area contributed by atoms with E-state index in [4.69, 9.17) is 4.74 Å². The standard InChI is InChI=1S/C24H26FN5O4/c1-3-28-14-20-22(27-28)23(32)30(13-16-7-9-18(25)10-8-16)24(33)29(20)15-21(31)26-12-17-5-4-6-19(11-17)34-2/h4-11,14,22,27H,3,12-13,15H2,1-2H3,(H,26,31). The number of halogens is 1.